The first-order valence-electron chi connectivity index (χ1n) is 12.8. The average Bonchev–Trinajstić information content (AvgIpc) is 2.94. The number of carboxylic acid groups (broad SMARTS) is 1. The molecule has 0 heterocycles. The van der Waals surface area contributed by atoms with Crippen molar-refractivity contribution >= 4 is 23.6 Å². The van der Waals surface area contributed by atoms with E-state index in [1.54, 1.807) is 0 Å². The van der Waals surface area contributed by atoms with E-state index in [4.69, 9.17) is 0 Å². The number of aryl methyl sites for hydroxylation is 3. The summed E-state index contributed by atoms with van der Waals surface area (Å²) in [6.45, 7) is 2.02. The van der Waals surface area contributed by atoms with Gasteiger partial charge in [-0.05, 0) is 83.2 Å². The fourth-order valence-corrected chi connectivity index (χ4v) is 5.06. The van der Waals surface area contributed by atoms with Gasteiger partial charge in [-0.25, -0.2) is 0 Å². The van der Waals surface area contributed by atoms with Gasteiger partial charge < -0.3 is 15.2 Å². The van der Waals surface area contributed by atoms with Gasteiger partial charge in [0.1, 0.15) is 0 Å². The van der Waals surface area contributed by atoms with Crippen LogP contribution in [-0.2, 0) is 17.6 Å². The number of benzene rings is 4. The van der Waals surface area contributed by atoms with Crippen LogP contribution in [0.5, 0.6) is 0 Å². The van der Waals surface area contributed by atoms with Crippen molar-refractivity contribution in [3.8, 4) is 22.3 Å². The Hall–Kier alpha value is -3.23. The van der Waals surface area contributed by atoms with Gasteiger partial charge in [-0.3, -0.25) is 4.79 Å². The van der Waals surface area contributed by atoms with E-state index in [0.29, 0.717) is 17.7 Å². The van der Waals surface area contributed by atoms with Crippen LogP contribution in [0.1, 0.15) is 33.5 Å². The molecule has 0 unspecified atom stereocenters. The minimum Gasteiger partial charge on any atom is -0.548 e. The minimum absolute atomic E-state index is 0. The second-order valence-corrected chi connectivity index (χ2v) is 10.4. The Morgan fingerprint density at radius 3 is 2.15 bits per heavy atom. The summed E-state index contributed by atoms with van der Waals surface area (Å²) in [7, 11) is 0. The molecular weight excluding hydrogens is 497 g/mol. The molecule has 0 aliphatic rings. The Bertz CT molecular complexity index is 1410. The molecule has 1 atom stereocenters. The molecule has 194 valence electrons. The SMILES string of the molecule is CSCC[C@H](NC(=O)c1ccc(CCc2cccc(-c3ccccc3)c2)cc1-c1ccccc1C)C(=O)[O-].[Li+]. The van der Waals surface area contributed by atoms with E-state index in [1.165, 1.54) is 28.5 Å². The predicted molar refractivity (Wildman–Crippen MR) is 155 cm³/mol. The van der Waals surface area contributed by atoms with E-state index in [-0.39, 0.29) is 18.9 Å². The number of amides is 1. The van der Waals surface area contributed by atoms with E-state index in [2.05, 4.69) is 47.8 Å². The number of hydrogen-bond donors (Lipinski definition) is 1. The summed E-state index contributed by atoms with van der Waals surface area (Å²) in [4.78, 5) is 24.9. The number of thioether (sulfide) groups is 1. The maximum absolute atomic E-state index is 13.3. The van der Waals surface area contributed by atoms with E-state index < -0.39 is 17.9 Å². The summed E-state index contributed by atoms with van der Waals surface area (Å²) in [6.07, 6.45) is 3.89. The number of carboxylic acids is 1. The number of rotatable bonds is 11. The van der Waals surface area contributed by atoms with Gasteiger partial charge in [0, 0.05) is 5.56 Å². The first-order chi connectivity index (χ1) is 18.5. The van der Waals surface area contributed by atoms with Crippen molar-refractivity contribution in [2.45, 2.75) is 32.2 Å². The average molecular weight is 530 g/mol. The molecule has 4 rings (SSSR count). The van der Waals surface area contributed by atoms with Crippen molar-refractivity contribution in [2.75, 3.05) is 12.0 Å². The van der Waals surface area contributed by atoms with Crippen LogP contribution >= 0.6 is 11.8 Å². The molecule has 1 amide bonds. The zero-order valence-electron chi connectivity index (χ0n) is 22.8. The molecular formula is C33H32LiNO3S. The molecule has 0 fully saturated rings. The molecule has 1 N–H and O–H groups in total. The van der Waals surface area contributed by atoms with Gasteiger partial charge in [0.25, 0.3) is 5.91 Å². The molecule has 0 aliphatic carbocycles. The summed E-state index contributed by atoms with van der Waals surface area (Å²) < 4.78 is 0. The third-order valence-electron chi connectivity index (χ3n) is 6.70. The normalized spacial score (nSPS) is 11.3. The Morgan fingerprint density at radius 2 is 1.46 bits per heavy atom. The first-order valence-corrected chi connectivity index (χ1v) is 14.2. The zero-order chi connectivity index (χ0) is 26.9. The van der Waals surface area contributed by atoms with Gasteiger partial charge in [-0.2, -0.15) is 11.8 Å². The number of carbonyl (C=O) groups is 2. The number of aliphatic carboxylic acids is 1. The van der Waals surface area contributed by atoms with E-state index in [9.17, 15) is 14.7 Å². The number of carbonyl (C=O) groups excluding carboxylic acids is 2. The summed E-state index contributed by atoms with van der Waals surface area (Å²) >= 11 is 1.53. The topological polar surface area (TPSA) is 69.2 Å². The van der Waals surface area contributed by atoms with Crippen molar-refractivity contribution in [3.63, 3.8) is 0 Å². The number of hydrogen-bond acceptors (Lipinski definition) is 4. The van der Waals surface area contributed by atoms with Crippen molar-refractivity contribution in [2.24, 2.45) is 0 Å². The van der Waals surface area contributed by atoms with Gasteiger partial charge in [0.15, 0.2) is 0 Å². The van der Waals surface area contributed by atoms with Gasteiger partial charge >= 0.3 is 18.9 Å². The molecule has 6 heteroatoms. The van der Waals surface area contributed by atoms with Crippen LogP contribution in [0.25, 0.3) is 22.3 Å². The Morgan fingerprint density at radius 1 is 0.795 bits per heavy atom. The van der Waals surface area contributed by atoms with Gasteiger partial charge in [-0.15, -0.1) is 0 Å². The molecule has 0 radical (unpaired) electrons. The van der Waals surface area contributed by atoms with Gasteiger partial charge in [0.05, 0.1) is 12.0 Å². The third-order valence-corrected chi connectivity index (χ3v) is 7.34. The summed E-state index contributed by atoms with van der Waals surface area (Å²) in [5, 5.41) is 14.3. The molecule has 4 aromatic carbocycles. The van der Waals surface area contributed by atoms with E-state index in [0.717, 1.165) is 35.1 Å². The van der Waals surface area contributed by atoms with Crippen LogP contribution in [0, 0.1) is 6.92 Å². The minimum atomic E-state index is -1.26. The molecule has 0 saturated heterocycles. The van der Waals surface area contributed by atoms with E-state index in [1.807, 2.05) is 67.8 Å². The standard InChI is InChI=1S/C33H33NO3S.Li/c1-23-9-6-7-14-28(23)30-22-25(17-18-29(30)32(35)34-31(33(36)37)19-20-38-2)16-15-24-10-8-13-27(21-24)26-11-4-3-5-12-26;/h3-14,17-18,21-22,31H,15-16,19-20H2,1-2H3,(H,34,35)(H,36,37);/q;+1/p-1/t31-;/m0./s1. The van der Waals surface area contributed by atoms with Crippen molar-refractivity contribution in [1.29, 1.82) is 0 Å². The van der Waals surface area contributed by atoms with Crippen LogP contribution in [0.15, 0.2) is 97.1 Å². The van der Waals surface area contributed by atoms with Crippen LogP contribution < -0.4 is 29.3 Å². The summed E-state index contributed by atoms with van der Waals surface area (Å²) in [6, 6.07) is 31.7. The molecule has 0 spiro atoms. The summed E-state index contributed by atoms with van der Waals surface area (Å²) in [5.41, 5.74) is 8.02. The fraction of sp³-hybridized carbons (Fsp3) is 0.212. The molecule has 4 aromatic rings. The maximum Gasteiger partial charge on any atom is 1.00 e. The smallest absolute Gasteiger partial charge is 0.548 e. The summed E-state index contributed by atoms with van der Waals surface area (Å²) in [5.74, 6) is -1.05. The van der Waals surface area contributed by atoms with Crippen molar-refractivity contribution in [1.82, 2.24) is 5.32 Å². The second-order valence-electron chi connectivity index (χ2n) is 9.39. The van der Waals surface area contributed by atoms with E-state index >= 15 is 0 Å². The third kappa shape index (κ3) is 8.13. The Balaban J connectivity index is 0.00000420. The van der Waals surface area contributed by atoms with Crippen LogP contribution in [0.3, 0.4) is 0 Å². The first kappa shape index (κ1) is 30.3. The van der Waals surface area contributed by atoms with Crippen LogP contribution in [-0.4, -0.2) is 29.9 Å². The quantitative estimate of drug-likeness (QED) is 0.304. The Kier molecular flexibility index (Phi) is 11.5. The maximum atomic E-state index is 13.3. The molecule has 0 aromatic heterocycles. The molecule has 39 heavy (non-hydrogen) atoms. The monoisotopic (exact) mass is 529 g/mol. The van der Waals surface area contributed by atoms with Crippen LogP contribution in [0.2, 0.25) is 0 Å². The second kappa shape index (κ2) is 14.8. The molecule has 4 nitrogen and oxygen atoms in total. The largest absolute Gasteiger partial charge is 1.00 e. The van der Waals surface area contributed by atoms with Gasteiger partial charge in [0.2, 0.25) is 0 Å². The number of nitrogens with one attached hydrogen (secondary N) is 1. The Labute approximate surface area is 247 Å². The predicted octanol–water partition coefficient (Wildman–Crippen LogP) is 2.72. The van der Waals surface area contributed by atoms with Gasteiger partial charge in [-0.1, -0.05) is 91.0 Å². The van der Waals surface area contributed by atoms with Crippen molar-refractivity contribution in [3.05, 3.63) is 119 Å². The molecule has 0 aliphatic heterocycles. The van der Waals surface area contributed by atoms with Crippen LogP contribution in [0.4, 0.5) is 0 Å². The fourth-order valence-electron chi connectivity index (χ4n) is 4.59. The zero-order valence-corrected chi connectivity index (χ0v) is 23.6. The molecule has 0 saturated carbocycles. The molecule has 0 bridgehead atoms. The van der Waals surface area contributed by atoms with Crippen molar-refractivity contribution < 1.29 is 33.6 Å².